The average molecular weight is 186 g/mol. The molecule has 1 aliphatic rings. The maximum absolute atomic E-state index is 9.33. The summed E-state index contributed by atoms with van der Waals surface area (Å²) in [5.74, 6) is 0. The molecule has 0 aromatic rings. The summed E-state index contributed by atoms with van der Waals surface area (Å²) >= 11 is 0. The maximum Gasteiger partial charge on any atom is 0.0639 e. The van der Waals surface area contributed by atoms with Gasteiger partial charge in [-0.1, -0.05) is 12.8 Å². The van der Waals surface area contributed by atoms with Crippen LogP contribution in [0.25, 0.3) is 0 Å². The highest BCUT2D eigenvalue weighted by atomic mass is 16.3. The first kappa shape index (κ1) is 11.0. The fourth-order valence-corrected chi connectivity index (χ4v) is 2.20. The van der Waals surface area contributed by atoms with E-state index in [1.165, 1.54) is 25.7 Å². The van der Waals surface area contributed by atoms with Gasteiger partial charge in [-0.25, -0.2) is 0 Å². The van der Waals surface area contributed by atoms with E-state index in [4.69, 9.17) is 5.73 Å². The van der Waals surface area contributed by atoms with Crippen LogP contribution in [-0.4, -0.2) is 41.8 Å². The van der Waals surface area contributed by atoms with Crippen LogP contribution in [0.1, 0.15) is 32.6 Å². The Labute approximate surface area is 80.9 Å². The van der Waals surface area contributed by atoms with Gasteiger partial charge < -0.3 is 10.8 Å². The Morgan fingerprint density at radius 3 is 2.54 bits per heavy atom. The summed E-state index contributed by atoms with van der Waals surface area (Å²) in [6.45, 7) is 4.25. The van der Waals surface area contributed by atoms with Crippen LogP contribution in [0.4, 0.5) is 0 Å². The number of aliphatic hydroxyl groups is 1. The van der Waals surface area contributed by atoms with Crippen molar-refractivity contribution in [2.24, 2.45) is 5.73 Å². The minimum Gasteiger partial charge on any atom is -0.392 e. The molecule has 1 atom stereocenters. The Balaban J connectivity index is 2.35. The molecule has 78 valence electrons. The molecule has 3 N–H and O–H groups in total. The third-order valence-corrected chi connectivity index (χ3v) is 2.76. The summed E-state index contributed by atoms with van der Waals surface area (Å²) in [7, 11) is 0. The maximum atomic E-state index is 9.33. The van der Waals surface area contributed by atoms with Gasteiger partial charge in [-0.15, -0.1) is 0 Å². The molecule has 0 aliphatic heterocycles. The Kier molecular flexibility index (Phi) is 4.70. The van der Waals surface area contributed by atoms with Crippen molar-refractivity contribution in [1.82, 2.24) is 4.90 Å². The van der Waals surface area contributed by atoms with Gasteiger partial charge in [-0.05, 0) is 19.8 Å². The predicted molar refractivity (Wildman–Crippen MR) is 54.6 cm³/mol. The zero-order valence-electron chi connectivity index (χ0n) is 8.58. The minimum absolute atomic E-state index is 0.229. The van der Waals surface area contributed by atoms with Crippen LogP contribution in [0, 0.1) is 0 Å². The van der Waals surface area contributed by atoms with Crippen molar-refractivity contribution in [3.63, 3.8) is 0 Å². The Morgan fingerprint density at radius 1 is 1.46 bits per heavy atom. The summed E-state index contributed by atoms with van der Waals surface area (Å²) in [6.07, 6.45) is 5.02. The molecule has 1 fully saturated rings. The van der Waals surface area contributed by atoms with E-state index in [2.05, 4.69) is 4.90 Å². The van der Waals surface area contributed by atoms with Gasteiger partial charge in [0.05, 0.1) is 6.10 Å². The van der Waals surface area contributed by atoms with Crippen LogP contribution < -0.4 is 5.73 Å². The lowest BCUT2D eigenvalue weighted by Gasteiger charge is -2.29. The molecule has 0 spiro atoms. The number of nitrogens with zero attached hydrogens (tertiary/aromatic N) is 1. The molecule has 1 unspecified atom stereocenters. The van der Waals surface area contributed by atoms with Gasteiger partial charge in [0, 0.05) is 25.7 Å². The highest BCUT2D eigenvalue weighted by Gasteiger charge is 2.22. The smallest absolute Gasteiger partial charge is 0.0639 e. The van der Waals surface area contributed by atoms with E-state index in [1.807, 2.05) is 6.92 Å². The van der Waals surface area contributed by atoms with Crippen molar-refractivity contribution in [2.75, 3.05) is 19.6 Å². The lowest BCUT2D eigenvalue weighted by Crippen LogP contribution is -2.41. The monoisotopic (exact) mass is 186 g/mol. The molecule has 3 heteroatoms. The zero-order valence-corrected chi connectivity index (χ0v) is 8.58. The SMILES string of the molecule is CC(O)CN(CCN)C1CCCC1. The standard InChI is InChI=1S/C10H22N2O/c1-9(13)8-12(7-6-11)10-4-2-3-5-10/h9-10,13H,2-8,11H2,1H3. The Hall–Kier alpha value is -0.120. The number of hydrogen-bond donors (Lipinski definition) is 2. The summed E-state index contributed by atoms with van der Waals surface area (Å²) in [6, 6.07) is 0.679. The van der Waals surface area contributed by atoms with Crippen molar-refractivity contribution in [3.05, 3.63) is 0 Å². The number of nitrogens with two attached hydrogens (primary N) is 1. The molecule has 0 heterocycles. The van der Waals surface area contributed by atoms with Crippen LogP contribution in [0.3, 0.4) is 0 Å². The second-order valence-electron chi connectivity index (χ2n) is 4.07. The fraction of sp³-hybridized carbons (Fsp3) is 1.00. The number of rotatable bonds is 5. The zero-order chi connectivity index (χ0) is 9.68. The van der Waals surface area contributed by atoms with Crippen LogP contribution >= 0.6 is 0 Å². The second-order valence-corrected chi connectivity index (χ2v) is 4.07. The average Bonchev–Trinajstić information content (AvgIpc) is 2.54. The summed E-state index contributed by atoms with van der Waals surface area (Å²) in [5, 5.41) is 9.33. The third-order valence-electron chi connectivity index (χ3n) is 2.76. The summed E-state index contributed by atoms with van der Waals surface area (Å²) in [4.78, 5) is 2.34. The molecule has 0 radical (unpaired) electrons. The normalized spacial score (nSPS) is 21.2. The van der Waals surface area contributed by atoms with E-state index in [0.29, 0.717) is 12.6 Å². The first-order valence-electron chi connectivity index (χ1n) is 5.36. The van der Waals surface area contributed by atoms with Crippen LogP contribution in [0.15, 0.2) is 0 Å². The number of aliphatic hydroxyl groups excluding tert-OH is 1. The van der Waals surface area contributed by atoms with E-state index >= 15 is 0 Å². The Bertz CT molecular complexity index is 133. The quantitative estimate of drug-likeness (QED) is 0.660. The molecule has 0 saturated heterocycles. The molecule has 1 aliphatic carbocycles. The van der Waals surface area contributed by atoms with Crippen molar-refractivity contribution in [3.8, 4) is 0 Å². The lowest BCUT2D eigenvalue weighted by molar-refractivity contribution is 0.101. The highest BCUT2D eigenvalue weighted by Crippen LogP contribution is 2.23. The van der Waals surface area contributed by atoms with Gasteiger partial charge in [0.1, 0.15) is 0 Å². The van der Waals surface area contributed by atoms with Crippen LogP contribution in [0.5, 0.6) is 0 Å². The minimum atomic E-state index is -0.229. The van der Waals surface area contributed by atoms with Gasteiger partial charge in [0.2, 0.25) is 0 Å². The predicted octanol–water partition coefficient (Wildman–Crippen LogP) is 0.570. The summed E-state index contributed by atoms with van der Waals surface area (Å²) in [5.41, 5.74) is 5.55. The molecule has 0 bridgehead atoms. The molecule has 13 heavy (non-hydrogen) atoms. The first-order chi connectivity index (χ1) is 6.24. The third kappa shape index (κ3) is 3.63. The van der Waals surface area contributed by atoms with E-state index < -0.39 is 0 Å². The van der Waals surface area contributed by atoms with E-state index in [1.54, 1.807) is 0 Å². The largest absolute Gasteiger partial charge is 0.392 e. The molecule has 0 amide bonds. The van der Waals surface area contributed by atoms with Crippen molar-refractivity contribution < 1.29 is 5.11 Å². The molecule has 1 saturated carbocycles. The van der Waals surface area contributed by atoms with E-state index in [-0.39, 0.29) is 6.10 Å². The topological polar surface area (TPSA) is 49.5 Å². The van der Waals surface area contributed by atoms with Crippen LogP contribution in [-0.2, 0) is 0 Å². The van der Waals surface area contributed by atoms with Crippen molar-refractivity contribution in [2.45, 2.75) is 44.8 Å². The summed E-state index contributed by atoms with van der Waals surface area (Å²) < 4.78 is 0. The molecule has 3 nitrogen and oxygen atoms in total. The van der Waals surface area contributed by atoms with E-state index in [0.717, 1.165) is 13.1 Å². The molecular weight excluding hydrogens is 164 g/mol. The van der Waals surface area contributed by atoms with Gasteiger partial charge in [-0.3, -0.25) is 4.90 Å². The van der Waals surface area contributed by atoms with Crippen LogP contribution in [0.2, 0.25) is 0 Å². The molecular formula is C10H22N2O. The van der Waals surface area contributed by atoms with E-state index in [9.17, 15) is 5.11 Å². The Morgan fingerprint density at radius 2 is 2.08 bits per heavy atom. The van der Waals surface area contributed by atoms with Gasteiger partial charge in [0.15, 0.2) is 0 Å². The fourth-order valence-electron chi connectivity index (χ4n) is 2.20. The number of hydrogen-bond acceptors (Lipinski definition) is 3. The lowest BCUT2D eigenvalue weighted by atomic mass is 10.2. The molecule has 0 aromatic heterocycles. The van der Waals surface area contributed by atoms with Crippen molar-refractivity contribution in [1.29, 1.82) is 0 Å². The molecule has 1 rings (SSSR count). The second kappa shape index (κ2) is 5.58. The van der Waals surface area contributed by atoms with Crippen molar-refractivity contribution >= 4 is 0 Å². The molecule has 0 aromatic carbocycles. The first-order valence-corrected chi connectivity index (χ1v) is 5.36. The van der Waals surface area contributed by atoms with Gasteiger partial charge in [-0.2, -0.15) is 0 Å². The van der Waals surface area contributed by atoms with Gasteiger partial charge >= 0.3 is 0 Å². The highest BCUT2D eigenvalue weighted by molar-refractivity contribution is 4.78. The van der Waals surface area contributed by atoms with Gasteiger partial charge in [0.25, 0.3) is 0 Å².